The molecule has 0 saturated carbocycles. The Hall–Kier alpha value is -2.00. The normalized spacial score (nSPS) is 10.3. The molecule has 0 spiro atoms. The van der Waals surface area contributed by atoms with Crippen LogP contribution in [-0.2, 0) is 4.79 Å². The smallest absolute Gasteiger partial charge is 0.349 e. The zero-order chi connectivity index (χ0) is 15.4. The fraction of sp³-hybridized carbons (Fsp3) is 0.235. The Balaban J connectivity index is 1.95. The highest BCUT2D eigenvalue weighted by Crippen LogP contribution is 2.22. The molecular formula is C17H17ClO3. The van der Waals surface area contributed by atoms with E-state index in [0.29, 0.717) is 16.5 Å². The Morgan fingerprint density at radius 3 is 2.33 bits per heavy atom. The Bertz CT molecular complexity index is 645. The van der Waals surface area contributed by atoms with Crippen molar-refractivity contribution in [2.75, 3.05) is 6.61 Å². The molecular weight excluding hydrogens is 288 g/mol. The van der Waals surface area contributed by atoms with Crippen molar-refractivity contribution in [2.24, 2.45) is 0 Å². The zero-order valence-corrected chi connectivity index (χ0v) is 13.0. The standard InChI is InChI=1S/C17H17ClO3/c1-11-6-12(2)8-15(7-11)21-17(19)10-20-16-5-4-14(18)9-13(16)3/h4-9H,10H2,1-3H3. The lowest BCUT2D eigenvalue weighted by Gasteiger charge is -2.10. The van der Waals surface area contributed by atoms with E-state index in [0.717, 1.165) is 16.7 Å². The molecule has 0 atom stereocenters. The SMILES string of the molecule is Cc1cc(C)cc(OC(=O)COc2ccc(Cl)cc2C)c1. The van der Waals surface area contributed by atoms with E-state index in [-0.39, 0.29) is 6.61 Å². The summed E-state index contributed by atoms with van der Waals surface area (Å²) in [6.07, 6.45) is 0. The summed E-state index contributed by atoms with van der Waals surface area (Å²) < 4.78 is 10.7. The largest absolute Gasteiger partial charge is 0.482 e. The molecule has 4 heteroatoms. The highest BCUT2D eigenvalue weighted by atomic mass is 35.5. The van der Waals surface area contributed by atoms with Gasteiger partial charge >= 0.3 is 5.97 Å². The van der Waals surface area contributed by atoms with Gasteiger partial charge in [0, 0.05) is 5.02 Å². The number of carbonyl (C=O) groups is 1. The van der Waals surface area contributed by atoms with Crippen LogP contribution in [0.3, 0.4) is 0 Å². The number of hydrogen-bond acceptors (Lipinski definition) is 3. The van der Waals surface area contributed by atoms with Crippen molar-refractivity contribution in [2.45, 2.75) is 20.8 Å². The van der Waals surface area contributed by atoms with E-state index in [1.807, 2.05) is 39.0 Å². The molecule has 3 nitrogen and oxygen atoms in total. The molecule has 21 heavy (non-hydrogen) atoms. The van der Waals surface area contributed by atoms with Crippen molar-refractivity contribution in [1.82, 2.24) is 0 Å². The first-order valence-electron chi connectivity index (χ1n) is 6.62. The molecule has 2 rings (SSSR count). The number of hydrogen-bond donors (Lipinski definition) is 0. The van der Waals surface area contributed by atoms with Crippen LogP contribution in [0.15, 0.2) is 36.4 Å². The molecule has 0 amide bonds. The van der Waals surface area contributed by atoms with Crippen LogP contribution >= 0.6 is 11.6 Å². The van der Waals surface area contributed by atoms with Gasteiger partial charge in [-0.3, -0.25) is 0 Å². The average molecular weight is 305 g/mol. The van der Waals surface area contributed by atoms with Gasteiger partial charge in [-0.2, -0.15) is 0 Å². The van der Waals surface area contributed by atoms with E-state index in [2.05, 4.69) is 0 Å². The van der Waals surface area contributed by atoms with Crippen molar-refractivity contribution < 1.29 is 14.3 Å². The van der Waals surface area contributed by atoms with Gasteiger partial charge in [0.15, 0.2) is 6.61 Å². The Labute approximate surface area is 129 Å². The van der Waals surface area contributed by atoms with Gasteiger partial charge in [-0.05, 0) is 67.8 Å². The molecule has 0 N–H and O–H groups in total. The summed E-state index contributed by atoms with van der Waals surface area (Å²) >= 11 is 5.87. The number of ether oxygens (including phenoxy) is 2. The van der Waals surface area contributed by atoms with E-state index in [1.54, 1.807) is 18.2 Å². The second kappa shape index (κ2) is 6.64. The number of benzene rings is 2. The maximum absolute atomic E-state index is 11.8. The molecule has 0 fully saturated rings. The summed E-state index contributed by atoms with van der Waals surface area (Å²) in [4.78, 5) is 11.8. The number of aryl methyl sites for hydroxylation is 3. The fourth-order valence-electron chi connectivity index (χ4n) is 2.06. The number of carbonyl (C=O) groups excluding carboxylic acids is 1. The highest BCUT2D eigenvalue weighted by Gasteiger charge is 2.08. The second-order valence-corrected chi connectivity index (χ2v) is 5.43. The number of halogens is 1. The van der Waals surface area contributed by atoms with E-state index in [9.17, 15) is 4.79 Å². The van der Waals surface area contributed by atoms with Gasteiger partial charge in [-0.25, -0.2) is 4.79 Å². The highest BCUT2D eigenvalue weighted by molar-refractivity contribution is 6.30. The van der Waals surface area contributed by atoms with E-state index < -0.39 is 5.97 Å². The maximum atomic E-state index is 11.8. The van der Waals surface area contributed by atoms with Crippen molar-refractivity contribution >= 4 is 17.6 Å². The van der Waals surface area contributed by atoms with E-state index >= 15 is 0 Å². The third-order valence-corrected chi connectivity index (χ3v) is 3.14. The summed E-state index contributed by atoms with van der Waals surface area (Å²) in [5, 5.41) is 0.637. The zero-order valence-electron chi connectivity index (χ0n) is 12.3. The molecule has 110 valence electrons. The molecule has 0 aliphatic carbocycles. The van der Waals surface area contributed by atoms with Crippen molar-refractivity contribution in [3.63, 3.8) is 0 Å². The molecule has 0 radical (unpaired) electrons. The van der Waals surface area contributed by atoms with Crippen LogP contribution in [0.4, 0.5) is 0 Å². The summed E-state index contributed by atoms with van der Waals surface area (Å²) in [7, 11) is 0. The van der Waals surface area contributed by atoms with Gasteiger partial charge in [-0.15, -0.1) is 0 Å². The van der Waals surface area contributed by atoms with E-state index in [1.165, 1.54) is 0 Å². The van der Waals surface area contributed by atoms with Gasteiger partial charge in [0.25, 0.3) is 0 Å². The minimum absolute atomic E-state index is 0.143. The van der Waals surface area contributed by atoms with Crippen LogP contribution in [0, 0.1) is 20.8 Å². The van der Waals surface area contributed by atoms with Gasteiger partial charge in [-0.1, -0.05) is 17.7 Å². The molecule has 0 aliphatic rings. The molecule has 2 aromatic carbocycles. The predicted molar refractivity (Wildman–Crippen MR) is 83.2 cm³/mol. The van der Waals surface area contributed by atoms with Crippen molar-refractivity contribution in [3.8, 4) is 11.5 Å². The third-order valence-electron chi connectivity index (χ3n) is 2.91. The predicted octanol–water partition coefficient (Wildman–Crippen LogP) is 4.25. The Morgan fingerprint density at radius 2 is 1.71 bits per heavy atom. The van der Waals surface area contributed by atoms with Crippen molar-refractivity contribution in [1.29, 1.82) is 0 Å². The van der Waals surface area contributed by atoms with E-state index in [4.69, 9.17) is 21.1 Å². The van der Waals surface area contributed by atoms with Gasteiger partial charge in [0.2, 0.25) is 0 Å². The fourth-order valence-corrected chi connectivity index (χ4v) is 2.29. The van der Waals surface area contributed by atoms with Crippen molar-refractivity contribution in [3.05, 3.63) is 58.1 Å². The van der Waals surface area contributed by atoms with Gasteiger partial charge in [0.1, 0.15) is 11.5 Å². The first-order valence-corrected chi connectivity index (χ1v) is 7.00. The molecule has 0 unspecified atom stereocenters. The molecule has 0 saturated heterocycles. The Morgan fingerprint density at radius 1 is 1.05 bits per heavy atom. The monoisotopic (exact) mass is 304 g/mol. The first-order chi connectivity index (χ1) is 9.94. The maximum Gasteiger partial charge on any atom is 0.349 e. The Kier molecular flexibility index (Phi) is 4.86. The molecule has 0 aromatic heterocycles. The molecule has 2 aromatic rings. The van der Waals surface area contributed by atoms with Gasteiger partial charge in [0.05, 0.1) is 0 Å². The third kappa shape index (κ3) is 4.50. The lowest BCUT2D eigenvalue weighted by atomic mass is 10.1. The van der Waals surface area contributed by atoms with Crippen LogP contribution in [-0.4, -0.2) is 12.6 Å². The van der Waals surface area contributed by atoms with Crippen LogP contribution in [0.25, 0.3) is 0 Å². The average Bonchev–Trinajstić information content (AvgIpc) is 2.36. The van der Waals surface area contributed by atoms with Crippen LogP contribution in [0.5, 0.6) is 11.5 Å². The summed E-state index contributed by atoms with van der Waals surface area (Å²) in [6.45, 7) is 5.64. The summed E-state index contributed by atoms with van der Waals surface area (Å²) in [6, 6.07) is 10.9. The lowest BCUT2D eigenvalue weighted by Crippen LogP contribution is -2.18. The minimum Gasteiger partial charge on any atom is -0.482 e. The topological polar surface area (TPSA) is 35.5 Å². The molecule has 0 heterocycles. The quantitative estimate of drug-likeness (QED) is 0.626. The molecule has 0 bridgehead atoms. The summed E-state index contributed by atoms with van der Waals surface area (Å²) in [5.41, 5.74) is 2.97. The van der Waals surface area contributed by atoms with Crippen LogP contribution in [0.2, 0.25) is 5.02 Å². The molecule has 0 aliphatic heterocycles. The lowest BCUT2D eigenvalue weighted by molar-refractivity contribution is -0.136. The minimum atomic E-state index is -0.436. The summed E-state index contributed by atoms with van der Waals surface area (Å²) in [5.74, 6) is 0.722. The van der Waals surface area contributed by atoms with Crippen LogP contribution < -0.4 is 9.47 Å². The number of rotatable bonds is 4. The number of esters is 1. The van der Waals surface area contributed by atoms with Crippen LogP contribution in [0.1, 0.15) is 16.7 Å². The second-order valence-electron chi connectivity index (χ2n) is 5.00. The van der Waals surface area contributed by atoms with Gasteiger partial charge < -0.3 is 9.47 Å². The first kappa shape index (κ1) is 15.4.